The summed E-state index contributed by atoms with van der Waals surface area (Å²) in [6.45, 7) is 0. The van der Waals surface area contributed by atoms with Crippen molar-refractivity contribution in [2.24, 2.45) is 29.4 Å². The Balaban J connectivity index is 1.96. The maximum atomic E-state index is 13.8. The molecule has 2 saturated carbocycles. The summed E-state index contributed by atoms with van der Waals surface area (Å²) >= 11 is 1.85. The Hall–Kier alpha value is -2.42. The summed E-state index contributed by atoms with van der Waals surface area (Å²) in [7, 11) is 6.38. The van der Waals surface area contributed by atoms with Crippen molar-refractivity contribution in [3.63, 3.8) is 0 Å². The summed E-state index contributed by atoms with van der Waals surface area (Å²) in [6.07, 6.45) is -1.66. The first kappa shape index (κ1) is 25.7. The number of likely N-dealkylation sites (N-methyl/N-ethyl adjacent to an activating group) is 1. The van der Waals surface area contributed by atoms with Crippen LogP contribution in [0.5, 0.6) is 5.75 Å². The summed E-state index contributed by atoms with van der Waals surface area (Å²) in [5.74, 6) is -12.5. The lowest BCUT2D eigenvalue weighted by Gasteiger charge is -2.54. The quantitative estimate of drug-likeness (QED) is 0.236. The molecule has 3 aliphatic rings. The number of amides is 1. The van der Waals surface area contributed by atoms with Gasteiger partial charge in [0, 0.05) is 25.7 Å². The van der Waals surface area contributed by atoms with Crippen LogP contribution in [0.3, 0.4) is 0 Å². The Morgan fingerprint density at radius 1 is 1.14 bits per heavy atom. The number of hydrogen-bond donors (Lipinski definition) is 4. The van der Waals surface area contributed by atoms with Gasteiger partial charge in [0.1, 0.15) is 5.75 Å². The highest BCUT2D eigenvalue weighted by Crippen LogP contribution is 2.52. The minimum absolute atomic E-state index is 0.0228. The van der Waals surface area contributed by atoms with Gasteiger partial charge in [-0.05, 0) is 54.7 Å². The van der Waals surface area contributed by atoms with E-state index in [1.165, 1.54) is 19.0 Å². The third-order valence-corrected chi connectivity index (χ3v) is 8.38. The van der Waals surface area contributed by atoms with E-state index in [9.17, 15) is 39.3 Å². The predicted octanol–water partition coefficient (Wildman–Crippen LogP) is -1.49. The number of Topliss-reactive ketones (excluding diaryl/α,β-unsaturated/α-hetero) is 4. The normalized spacial score (nSPS) is 34.4. The SMILES string of the molecule is CN(C)c1cc(I)c(O)c2c1CC1C(C2=O)C(=O)[C@]2(O)C(=O)C(C(N)=O)C(=O)[C@@H](N(C)C)C2C1O. The fourth-order valence-electron chi connectivity index (χ4n) is 6.03. The van der Waals surface area contributed by atoms with Gasteiger partial charge in [-0.2, -0.15) is 0 Å². The third-order valence-electron chi connectivity index (χ3n) is 7.56. The van der Waals surface area contributed by atoms with Gasteiger partial charge in [-0.3, -0.25) is 28.9 Å². The van der Waals surface area contributed by atoms with Crippen molar-refractivity contribution in [2.45, 2.75) is 24.2 Å². The standard InChI is InChI=1S/C23H26IN3O8/c1-26(2)10-6-9(24)17(29)11-7(10)5-8-12(18(11)30)20(32)23(35)14(16(8)28)15(27(3)4)19(31)13(21(23)33)22(25)34/h6,8,12-16,28-29,35H,5H2,1-4H3,(H2,25,34)/t8?,12?,13?,14?,15-,16?,23-/m0/s1. The molecule has 0 spiro atoms. The van der Waals surface area contributed by atoms with Gasteiger partial charge in [0.05, 0.1) is 33.1 Å². The van der Waals surface area contributed by atoms with Crippen molar-refractivity contribution in [3.8, 4) is 5.75 Å². The van der Waals surface area contributed by atoms with Gasteiger partial charge in [0.25, 0.3) is 0 Å². The number of phenolic OH excluding ortho intramolecular Hbond substituents is 1. The molecule has 3 aliphatic carbocycles. The van der Waals surface area contributed by atoms with Gasteiger partial charge in [0.2, 0.25) is 5.91 Å². The highest BCUT2D eigenvalue weighted by molar-refractivity contribution is 14.1. The predicted molar refractivity (Wildman–Crippen MR) is 130 cm³/mol. The van der Waals surface area contributed by atoms with E-state index in [-0.39, 0.29) is 17.7 Å². The molecule has 5 unspecified atom stereocenters. The van der Waals surface area contributed by atoms with Crippen molar-refractivity contribution in [1.29, 1.82) is 0 Å². The molecule has 11 nitrogen and oxygen atoms in total. The van der Waals surface area contributed by atoms with E-state index in [4.69, 9.17) is 5.73 Å². The highest BCUT2D eigenvalue weighted by atomic mass is 127. The molecule has 188 valence electrons. The zero-order chi connectivity index (χ0) is 26.3. The zero-order valence-corrected chi connectivity index (χ0v) is 21.6. The van der Waals surface area contributed by atoms with Crippen LogP contribution < -0.4 is 10.6 Å². The first-order valence-electron chi connectivity index (χ1n) is 10.9. The molecule has 2 fully saturated rings. The number of fused-ring (bicyclic) bond motifs is 3. The van der Waals surface area contributed by atoms with Gasteiger partial charge in [-0.1, -0.05) is 0 Å². The topological polar surface area (TPSA) is 179 Å². The summed E-state index contributed by atoms with van der Waals surface area (Å²) in [5, 5.41) is 33.7. The molecule has 0 bridgehead atoms. The molecule has 0 heterocycles. The Morgan fingerprint density at radius 2 is 1.74 bits per heavy atom. The number of ketones is 4. The molecule has 7 atom stereocenters. The first-order chi connectivity index (χ1) is 16.2. The molecule has 1 aromatic carbocycles. The Labute approximate surface area is 214 Å². The first-order valence-corrected chi connectivity index (χ1v) is 12.0. The van der Waals surface area contributed by atoms with Crippen molar-refractivity contribution in [2.75, 3.05) is 33.1 Å². The lowest BCUT2D eigenvalue weighted by Crippen LogP contribution is -2.77. The Morgan fingerprint density at radius 3 is 2.26 bits per heavy atom. The number of aromatic hydroxyl groups is 1. The second-order valence-corrected chi connectivity index (χ2v) is 11.0. The van der Waals surface area contributed by atoms with E-state index in [0.29, 0.717) is 14.8 Å². The van der Waals surface area contributed by atoms with Crippen LogP contribution in [-0.4, -0.2) is 95.2 Å². The van der Waals surface area contributed by atoms with Crippen LogP contribution in [-0.2, 0) is 25.6 Å². The van der Waals surface area contributed by atoms with E-state index in [0.717, 1.165) is 0 Å². The zero-order valence-electron chi connectivity index (χ0n) is 19.5. The van der Waals surface area contributed by atoms with Gasteiger partial charge < -0.3 is 26.0 Å². The maximum absolute atomic E-state index is 13.8. The molecular weight excluding hydrogens is 573 g/mol. The average molecular weight is 599 g/mol. The third kappa shape index (κ3) is 3.29. The molecule has 0 saturated heterocycles. The van der Waals surface area contributed by atoms with Gasteiger partial charge in [0.15, 0.2) is 34.7 Å². The second kappa shape index (κ2) is 8.32. The van der Waals surface area contributed by atoms with Crippen molar-refractivity contribution in [1.82, 2.24) is 4.90 Å². The number of hydrogen-bond acceptors (Lipinski definition) is 10. The minimum Gasteiger partial charge on any atom is -0.506 e. The minimum atomic E-state index is -2.99. The number of nitrogens with zero attached hydrogens (tertiary/aromatic N) is 2. The number of benzene rings is 1. The Kier molecular flexibility index (Phi) is 6.10. The van der Waals surface area contributed by atoms with Crippen LogP contribution in [0.4, 0.5) is 5.69 Å². The number of carbonyl (C=O) groups excluding carboxylic acids is 5. The lowest BCUT2D eigenvalue weighted by molar-refractivity contribution is -0.195. The molecule has 0 aromatic heterocycles. The van der Waals surface area contributed by atoms with Gasteiger partial charge in [-0.15, -0.1) is 0 Å². The number of carbonyl (C=O) groups is 5. The number of nitrogens with two attached hydrogens (primary N) is 1. The van der Waals surface area contributed by atoms with Crippen LogP contribution in [0.25, 0.3) is 0 Å². The van der Waals surface area contributed by atoms with Crippen LogP contribution in [0.2, 0.25) is 0 Å². The molecule has 4 rings (SSSR count). The number of primary amides is 1. The molecule has 0 aliphatic heterocycles. The smallest absolute Gasteiger partial charge is 0.235 e. The highest BCUT2D eigenvalue weighted by Gasteiger charge is 2.72. The number of aliphatic hydroxyl groups excluding tert-OH is 1. The van der Waals surface area contributed by atoms with Crippen LogP contribution in [0.1, 0.15) is 15.9 Å². The fraction of sp³-hybridized carbons (Fsp3) is 0.522. The van der Waals surface area contributed by atoms with Gasteiger partial charge >= 0.3 is 0 Å². The summed E-state index contributed by atoms with van der Waals surface area (Å²) < 4.78 is 0.359. The van der Waals surface area contributed by atoms with E-state index < -0.39 is 70.5 Å². The lowest BCUT2D eigenvalue weighted by atomic mass is 9.51. The molecule has 12 heteroatoms. The van der Waals surface area contributed by atoms with Crippen molar-refractivity contribution < 1.29 is 39.3 Å². The van der Waals surface area contributed by atoms with E-state index in [2.05, 4.69) is 0 Å². The molecule has 35 heavy (non-hydrogen) atoms. The van der Waals surface area contributed by atoms with Crippen LogP contribution >= 0.6 is 22.6 Å². The summed E-state index contributed by atoms with van der Waals surface area (Å²) in [5.41, 5.74) is 3.20. The Bertz CT molecular complexity index is 1200. The second-order valence-electron chi connectivity index (χ2n) is 9.84. The maximum Gasteiger partial charge on any atom is 0.235 e. The fourth-order valence-corrected chi connectivity index (χ4v) is 6.59. The monoisotopic (exact) mass is 599 g/mol. The van der Waals surface area contributed by atoms with Crippen LogP contribution in [0.15, 0.2) is 6.07 Å². The summed E-state index contributed by atoms with van der Waals surface area (Å²) in [4.78, 5) is 68.9. The largest absolute Gasteiger partial charge is 0.506 e. The van der Waals surface area contributed by atoms with E-state index in [1.807, 2.05) is 22.6 Å². The number of rotatable bonds is 3. The van der Waals surface area contributed by atoms with Crippen LogP contribution in [0, 0.1) is 27.2 Å². The number of aliphatic hydroxyl groups is 2. The van der Waals surface area contributed by atoms with Gasteiger partial charge in [-0.25, -0.2) is 0 Å². The summed E-state index contributed by atoms with van der Waals surface area (Å²) in [6, 6.07) is 0.286. The van der Waals surface area contributed by atoms with E-state index >= 15 is 0 Å². The molecule has 1 amide bonds. The molecular formula is C23H26IN3O8. The van der Waals surface area contributed by atoms with Crippen molar-refractivity contribution >= 4 is 57.3 Å². The number of anilines is 1. The van der Waals surface area contributed by atoms with Crippen molar-refractivity contribution in [3.05, 3.63) is 20.8 Å². The number of phenols is 1. The number of halogens is 1. The molecule has 1 aromatic rings. The average Bonchev–Trinajstić information content (AvgIpc) is 2.75. The molecule has 5 N–H and O–H groups in total. The molecule has 0 radical (unpaired) electrons. The van der Waals surface area contributed by atoms with E-state index in [1.54, 1.807) is 25.1 Å².